The number of nitrogens with one attached hydrogen (secondary N) is 1. The third kappa shape index (κ3) is 5.77. The largest absolute Gasteiger partial charge is 0.497 e. The summed E-state index contributed by atoms with van der Waals surface area (Å²) in [5.74, 6) is -0.491. The highest BCUT2D eigenvalue weighted by atomic mass is 19.1. The fourth-order valence-electron chi connectivity index (χ4n) is 4.36. The summed E-state index contributed by atoms with van der Waals surface area (Å²) >= 11 is 0. The van der Waals surface area contributed by atoms with E-state index >= 15 is 0 Å². The Bertz CT molecular complexity index is 1570. The second kappa shape index (κ2) is 11.6. The van der Waals surface area contributed by atoms with Crippen molar-refractivity contribution in [2.45, 2.75) is 19.1 Å². The van der Waals surface area contributed by atoms with Gasteiger partial charge in [0.25, 0.3) is 0 Å². The van der Waals surface area contributed by atoms with E-state index in [-0.39, 0.29) is 24.8 Å². The highest BCUT2D eigenvalue weighted by Crippen LogP contribution is 2.30. The molecule has 0 saturated carbocycles. The number of benzene rings is 4. The first kappa shape index (κ1) is 25.6. The molecule has 9 heteroatoms. The molecule has 1 heterocycles. The van der Waals surface area contributed by atoms with Gasteiger partial charge in [-0.3, -0.25) is 14.5 Å². The first-order chi connectivity index (χ1) is 19.0. The molecule has 0 aliphatic heterocycles. The minimum Gasteiger partial charge on any atom is -0.497 e. The van der Waals surface area contributed by atoms with Gasteiger partial charge < -0.3 is 10.1 Å². The van der Waals surface area contributed by atoms with Gasteiger partial charge in [-0.15, -0.1) is 5.10 Å². The highest BCUT2D eigenvalue weighted by Gasteiger charge is 2.33. The summed E-state index contributed by atoms with van der Waals surface area (Å²) in [4.78, 5) is 29.3. The summed E-state index contributed by atoms with van der Waals surface area (Å²) in [6.07, 6.45) is 0. The van der Waals surface area contributed by atoms with Crippen molar-refractivity contribution < 1.29 is 18.7 Å². The van der Waals surface area contributed by atoms with Crippen molar-refractivity contribution in [3.8, 4) is 5.75 Å². The molecule has 8 nitrogen and oxygen atoms in total. The number of hydrogen-bond acceptors (Lipinski definition) is 5. The molecule has 0 bridgehead atoms. The number of halogens is 1. The minimum atomic E-state index is -0.998. The average molecular weight is 524 g/mol. The number of fused-ring (bicyclic) bond motifs is 1. The van der Waals surface area contributed by atoms with Crippen molar-refractivity contribution in [2.24, 2.45) is 0 Å². The predicted molar refractivity (Wildman–Crippen MR) is 145 cm³/mol. The van der Waals surface area contributed by atoms with E-state index in [1.807, 2.05) is 42.5 Å². The third-order valence-electron chi connectivity index (χ3n) is 6.33. The lowest BCUT2D eigenvalue weighted by Crippen LogP contribution is -2.45. The summed E-state index contributed by atoms with van der Waals surface area (Å²) in [6.45, 7) is 0.0297. The van der Waals surface area contributed by atoms with E-state index in [1.54, 1.807) is 55.6 Å². The van der Waals surface area contributed by atoms with Gasteiger partial charge >= 0.3 is 0 Å². The molecule has 1 atom stereocenters. The maximum atomic E-state index is 14.0. The van der Waals surface area contributed by atoms with Crippen LogP contribution < -0.4 is 15.0 Å². The van der Waals surface area contributed by atoms with Crippen LogP contribution in [0.1, 0.15) is 17.2 Å². The Morgan fingerprint density at radius 3 is 2.33 bits per heavy atom. The van der Waals surface area contributed by atoms with Gasteiger partial charge in [-0.1, -0.05) is 59.8 Å². The Hall–Kier alpha value is -5.05. The van der Waals surface area contributed by atoms with Crippen LogP contribution in [0.5, 0.6) is 5.75 Å². The van der Waals surface area contributed by atoms with Crippen molar-refractivity contribution in [1.82, 2.24) is 20.3 Å². The van der Waals surface area contributed by atoms with Crippen LogP contribution in [0.25, 0.3) is 11.0 Å². The smallest absolute Gasteiger partial charge is 0.249 e. The van der Waals surface area contributed by atoms with Crippen molar-refractivity contribution in [3.05, 3.63) is 120 Å². The highest BCUT2D eigenvalue weighted by molar-refractivity contribution is 6.01. The number of nitrogens with zero attached hydrogens (tertiary/aromatic N) is 4. The van der Waals surface area contributed by atoms with Gasteiger partial charge in [-0.05, 0) is 59.7 Å². The van der Waals surface area contributed by atoms with Gasteiger partial charge in [0.1, 0.15) is 29.7 Å². The minimum absolute atomic E-state index is 0.138. The van der Waals surface area contributed by atoms with Gasteiger partial charge in [0.15, 0.2) is 0 Å². The molecule has 4 aromatic carbocycles. The molecule has 2 amide bonds. The van der Waals surface area contributed by atoms with Crippen LogP contribution in [0.15, 0.2) is 103 Å². The number of hydrogen-bond donors (Lipinski definition) is 1. The molecule has 0 spiro atoms. The van der Waals surface area contributed by atoms with Crippen LogP contribution in [0, 0.1) is 5.82 Å². The molecule has 39 heavy (non-hydrogen) atoms. The Balaban J connectivity index is 1.52. The van der Waals surface area contributed by atoms with E-state index in [2.05, 4.69) is 15.6 Å². The van der Waals surface area contributed by atoms with Crippen molar-refractivity contribution in [1.29, 1.82) is 0 Å². The number of para-hydroxylation sites is 1. The topological polar surface area (TPSA) is 89.3 Å². The molecule has 0 aliphatic carbocycles. The second-order valence-corrected chi connectivity index (χ2v) is 8.86. The predicted octanol–water partition coefficient (Wildman–Crippen LogP) is 4.67. The summed E-state index contributed by atoms with van der Waals surface area (Å²) in [6, 6.07) is 28.3. The molecule has 0 fully saturated rings. The zero-order valence-electron chi connectivity index (χ0n) is 21.2. The summed E-state index contributed by atoms with van der Waals surface area (Å²) in [5.41, 5.74) is 3.24. The molecule has 0 saturated heterocycles. The monoisotopic (exact) mass is 523 g/mol. The van der Waals surface area contributed by atoms with E-state index in [9.17, 15) is 14.0 Å². The standard InChI is InChI=1S/C30H26FN5O3/c1-39-25-17-15-24(16-18-25)36(28(37)20-35-27-10-6-5-9-26(27)33-34-35)29(22-7-3-2-4-8-22)30(38)32-19-21-11-13-23(31)14-12-21/h2-18,29H,19-20H2,1H3,(H,32,38)/t29-/m1/s1. The molecule has 5 aromatic rings. The molecule has 1 aromatic heterocycles. The van der Waals surface area contributed by atoms with Crippen LogP contribution in [0.2, 0.25) is 0 Å². The maximum Gasteiger partial charge on any atom is 0.249 e. The van der Waals surface area contributed by atoms with Gasteiger partial charge in [0, 0.05) is 12.2 Å². The van der Waals surface area contributed by atoms with E-state index in [1.165, 1.54) is 21.7 Å². The first-order valence-corrected chi connectivity index (χ1v) is 12.3. The van der Waals surface area contributed by atoms with Crippen molar-refractivity contribution in [3.63, 3.8) is 0 Å². The maximum absolute atomic E-state index is 14.0. The number of carbonyl (C=O) groups excluding carboxylic acids is 2. The molecule has 196 valence electrons. The van der Waals surface area contributed by atoms with E-state index < -0.39 is 11.9 Å². The summed E-state index contributed by atoms with van der Waals surface area (Å²) < 4.78 is 20.2. The molecule has 0 aliphatic rings. The molecular formula is C30H26FN5O3. The van der Waals surface area contributed by atoms with Crippen LogP contribution in [0.4, 0.5) is 10.1 Å². The van der Waals surface area contributed by atoms with Gasteiger partial charge in [-0.2, -0.15) is 0 Å². The third-order valence-corrected chi connectivity index (χ3v) is 6.33. The van der Waals surface area contributed by atoms with Gasteiger partial charge in [0.2, 0.25) is 11.8 Å². The molecule has 0 radical (unpaired) electrons. The fraction of sp³-hybridized carbons (Fsp3) is 0.133. The molecular weight excluding hydrogens is 497 g/mol. The quantitative estimate of drug-likeness (QED) is 0.303. The first-order valence-electron chi connectivity index (χ1n) is 12.3. The van der Waals surface area contributed by atoms with Crippen LogP contribution in [-0.2, 0) is 22.7 Å². The van der Waals surface area contributed by atoms with Crippen LogP contribution in [0.3, 0.4) is 0 Å². The number of aromatic nitrogens is 3. The van der Waals surface area contributed by atoms with E-state index in [0.29, 0.717) is 28.0 Å². The fourth-order valence-corrected chi connectivity index (χ4v) is 4.36. The average Bonchev–Trinajstić information content (AvgIpc) is 3.38. The summed E-state index contributed by atoms with van der Waals surface area (Å²) in [7, 11) is 1.56. The zero-order chi connectivity index (χ0) is 27.2. The van der Waals surface area contributed by atoms with Crippen molar-refractivity contribution >= 4 is 28.5 Å². The van der Waals surface area contributed by atoms with Gasteiger partial charge in [-0.25, -0.2) is 9.07 Å². The number of amides is 2. The molecule has 0 unspecified atom stereocenters. The number of methoxy groups -OCH3 is 1. The second-order valence-electron chi connectivity index (χ2n) is 8.86. The Kier molecular flexibility index (Phi) is 7.58. The van der Waals surface area contributed by atoms with Crippen LogP contribution >= 0.6 is 0 Å². The zero-order valence-corrected chi connectivity index (χ0v) is 21.2. The van der Waals surface area contributed by atoms with E-state index in [0.717, 1.165) is 5.56 Å². The normalized spacial score (nSPS) is 11.6. The lowest BCUT2D eigenvalue weighted by atomic mass is 10.0. The lowest BCUT2D eigenvalue weighted by molar-refractivity contribution is -0.127. The number of carbonyl (C=O) groups is 2. The summed E-state index contributed by atoms with van der Waals surface area (Å²) in [5, 5.41) is 11.2. The van der Waals surface area contributed by atoms with Crippen LogP contribution in [-0.4, -0.2) is 33.9 Å². The van der Waals surface area contributed by atoms with E-state index in [4.69, 9.17) is 4.74 Å². The Morgan fingerprint density at radius 1 is 0.923 bits per heavy atom. The molecule has 5 rings (SSSR count). The van der Waals surface area contributed by atoms with Gasteiger partial charge in [0.05, 0.1) is 12.6 Å². The van der Waals surface area contributed by atoms with Crippen molar-refractivity contribution in [2.75, 3.05) is 12.0 Å². The SMILES string of the molecule is COc1ccc(N(C(=O)Cn2nnc3ccccc32)[C@@H](C(=O)NCc2ccc(F)cc2)c2ccccc2)cc1. The lowest BCUT2D eigenvalue weighted by Gasteiger charge is -2.31. The number of rotatable bonds is 9. The number of anilines is 1. The Labute approximate surface area is 224 Å². The Morgan fingerprint density at radius 2 is 1.62 bits per heavy atom. The molecule has 1 N–H and O–H groups in total. The number of ether oxygens (including phenoxy) is 1.